The molecule has 426 valence electrons. The van der Waals surface area contributed by atoms with Crippen molar-refractivity contribution in [1.29, 1.82) is 0 Å². The molecule has 1 atom stereocenters. The number of carbonyl (C=O) groups is 3. The van der Waals surface area contributed by atoms with Crippen LogP contribution in [0.15, 0.2) is 85.1 Å². The highest BCUT2D eigenvalue weighted by molar-refractivity contribution is 5.71. The van der Waals surface area contributed by atoms with Crippen molar-refractivity contribution < 1.29 is 28.6 Å². The SMILES string of the molecule is CCCCC\C=C/C=C\C=C/C=C\CCCCCCCC(=O)OCC(COC(=O)CCCCCCCCCCCC/C=C\C=C/CCCCC)OC(=O)CCCCCCCCC/C=C\CCCCCCCCCC. The number of hydrogen-bond donors (Lipinski definition) is 0. The molecular formula is C68H118O6. The lowest BCUT2D eigenvalue weighted by Gasteiger charge is -2.18. The number of allylic oxidation sites excluding steroid dienone is 14. The zero-order valence-corrected chi connectivity index (χ0v) is 48.8. The van der Waals surface area contributed by atoms with Gasteiger partial charge in [-0.15, -0.1) is 0 Å². The van der Waals surface area contributed by atoms with Gasteiger partial charge in [-0.3, -0.25) is 14.4 Å². The van der Waals surface area contributed by atoms with Crippen LogP contribution in [0.4, 0.5) is 0 Å². The second kappa shape index (κ2) is 62.1. The van der Waals surface area contributed by atoms with Gasteiger partial charge in [-0.05, 0) is 96.3 Å². The van der Waals surface area contributed by atoms with Crippen molar-refractivity contribution in [3.63, 3.8) is 0 Å². The third-order valence-corrected chi connectivity index (χ3v) is 13.7. The number of ether oxygens (including phenoxy) is 3. The van der Waals surface area contributed by atoms with Crippen molar-refractivity contribution >= 4 is 17.9 Å². The first kappa shape index (κ1) is 70.6. The van der Waals surface area contributed by atoms with Crippen molar-refractivity contribution in [2.24, 2.45) is 0 Å². The normalized spacial score (nSPS) is 12.6. The monoisotopic (exact) mass is 1030 g/mol. The molecule has 0 N–H and O–H groups in total. The summed E-state index contributed by atoms with van der Waals surface area (Å²) in [4.78, 5) is 38.3. The summed E-state index contributed by atoms with van der Waals surface area (Å²) in [6, 6.07) is 0. The van der Waals surface area contributed by atoms with Gasteiger partial charge >= 0.3 is 17.9 Å². The predicted octanol–water partition coefficient (Wildman–Crippen LogP) is 21.5. The van der Waals surface area contributed by atoms with Gasteiger partial charge in [0.15, 0.2) is 6.10 Å². The third kappa shape index (κ3) is 59.5. The first-order valence-corrected chi connectivity index (χ1v) is 31.7. The Morgan fingerprint density at radius 2 is 0.500 bits per heavy atom. The zero-order chi connectivity index (χ0) is 53.6. The largest absolute Gasteiger partial charge is 0.462 e. The summed E-state index contributed by atoms with van der Waals surface area (Å²) < 4.78 is 16.9. The maximum Gasteiger partial charge on any atom is 0.306 e. The van der Waals surface area contributed by atoms with Gasteiger partial charge in [0, 0.05) is 19.3 Å². The predicted molar refractivity (Wildman–Crippen MR) is 321 cm³/mol. The van der Waals surface area contributed by atoms with E-state index in [9.17, 15) is 14.4 Å². The molecule has 6 heteroatoms. The lowest BCUT2D eigenvalue weighted by Crippen LogP contribution is -2.30. The first-order valence-electron chi connectivity index (χ1n) is 31.7. The maximum atomic E-state index is 12.9. The quantitative estimate of drug-likeness (QED) is 0.0199. The number of unbranched alkanes of at least 4 members (excludes halogenated alkanes) is 36. The Bertz CT molecular complexity index is 1420. The highest BCUT2D eigenvalue weighted by Gasteiger charge is 2.19. The summed E-state index contributed by atoms with van der Waals surface area (Å²) in [5.74, 6) is -0.906. The van der Waals surface area contributed by atoms with Crippen LogP contribution in [0, 0.1) is 0 Å². The Balaban J connectivity index is 4.43. The van der Waals surface area contributed by atoms with Gasteiger partial charge in [-0.2, -0.15) is 0 Å². The molecule has 74 heavy (non-hydrogen) atoms. The summed E-state index contributed by atoms with van der Waals surface area (Å²) in [5, 5.41) is 0. The maximum absolute atomic E-state index is 12.9. The van der Waals surface area contributed by atoms with Gasteiger partial charge in [-0.25, -0.2) is 0 Å². The Morgan fingerprint density at radius 1 is 0.270 bits per heavy atom. The van der Waals surface area contributed by atoms with Gasteiger partial charge in [0.25, 0.3) is 0 Å². The third-order valence-electron chi connectivity index (χ3n) is 13.7. The summed E-state index contributed by atoms with van der Waals surface area (Å²) in [5.41, 5.74) is 0. The van der Waals surface area contributed by atoms with Crippen LogP contribution < -0.4 is 0 Å². The molecule has 0 amide bonds. The molecular weight excluding hydrogens is 913 g/mol. The Hall–Kier alpha value is -3.41. The van der Waals surface area contributed by atoms with Gasteiger partial charge in [-0.1, -0.05) is 279 Å². The summed E-state index contributed by atoms with van der Waals surface area (Å²) >= 11 is 0. The van der Waals surface area contributed by atoms with E-state index in [1.807, 2.05) is 0 Å². The Morgan fingerprint density at radius 3 is 0.838 bits per heavy atom. The van der Waals surface area contributed by atoms with Crippen LogP contribution in [0.2, 0.25) is 0 Å². The lowest BCUT2D eigenvalue weighted by atomic mass is 10.1. The van der Waals surface area contributed by atoms with Crippen molar-refractivity contribution in [3.05, 3.63) is 85.1 Å². The molecule has 0 spiro atoms. The van der Waals surface area contributed by atoms with Gasteiger partial charge in [0.05, 0.1) is 0 Å². The highest BCUT2D eigenvalue weighted by Crippen LogP contribution is 2.16. The van der Waals surface area contributed by atoms with E-state index in [1.165, 1.54) is 186 Å². The summed E-state index contributed by atoms with van der Waals surface area (Å²) in [6.07, 6.45) is 81.4. The topological polar surface area (TPSA) is 78.9 Å². The van der Waals surface area contributed by atoms with Crippen LogP contribution in [0.5, 0.6) is 0 Å². The minimum atomic E-state index is -0.792. The van der Waals surface area contributed by atoms with Gasteiger partial charge < -0.3 is 14.2 Å². The van der Waals surface area contributed by atoms with Crippen LogP contribution >= 0.6 is 0 Å². The number of carbonyl (C=O) groups excluding carboxylic acids is 3. The molecule has 0 saturated heterocycles. The Labute approximate surface area is 458 Å². The van der Waals surface area contributed by atoms with Crippen molar-refractivity contribution in [2.75, 3.05) is 13.2 Å². The Kier molecular flexibility index (Phi) is 59.3. The lowest BCUT2D eigenvalue weighted by molar-refractivity contribution is -0.167. The van der Waals surface area contributed by atoms with Crippen LogP contribution in [-0.4, -0.2) is 37.2 Å². The van der Waals surface area contributed by atoms with Gasteiger partial charge in [0.1, 0.15) is 13.2 Å². The zero-order valence-electron chi connectivity index (χ0n) is 48.8. The van der Waals surface area contributed by atoms with Crippen molar-refractivity contribution in [3.8, 4) is 0 Å². The molecule has 0 rings (SSSR count). The van der Waals surface area contributed by atoms with Crippen LogP contribution in [0.1, 0.15) is 310 Å². The van der Waals surface area contributed by atoms with Crippen molar-refractivity contribution in [2.45, 2.75) is 316 Å². The molecule has 0 aliphatic rings. The molecule has 0 saturated carbocycles. The molecule has 0 aromatic rings. The van der Waals surface area contributed by atoms with E-state index < -0.39 is 6.10 Å². The molecule has 1 unspecified atom stereocenters. The molecule has 0 aliphatic heterocycles. The molecule has 0 aromatic carbocycles. The number of hydrogen-bond acceptors (Lipinski definition) is 6. The fraction of sp³-hybridized carbons (Fsp3) is 0.750. The first-order chi connectivity index (χ1) is 36.5. The van der Waals surface area contributed by atoms with E-state index in [4.69, 9.17) is 14.2 Å². The minimum absolute atomic E-state index is 0.0871. The second-order valence-electron chi connectivity index (χ2n) is 21.1. The fourth-order valence-corrected chi connectivity index (χ4v) is 8.91. The van der Waals surface area contributed by atoms with E-state index in [0.29, 0.717) is 19.3 Å². The van der Waals surface area contributed by atoms with E-state index >= 15 is 0 Å². The number of esters is 3. The van der Waals surface area contributed by atoms with E-state index in [0.717, 1.165) is 83.5 Å². The van der Waals surface area contributed by atoms with Crippen molar-refractivity contribution in [1.82, 2.24) is 0 Å². The average Bonchev–Trinajstić information content (AvgIpc) is 3.40. The van der Waals surface area contributed by atoms with E-state index in [1.54, 1.807) is 0 Å². The summed E-state index contributed by atoms with van der Waals surface area (Å²) in [7, 11) is 0. The van der Waals surface area contributed by atoms with Crippen LogP contribution in [-0.2, 0) is 28.6 Å². The minimum Gasteiger partial charge on any atom is -0.462 e. The summed E-state index contributed by atoms with van der Waals surface area (Å²) in [6.45, 7) is 6.58. The van der Waals surface area contributed by atoms with E-state index in [2.05, 4.69) is 106 Å². The van der Waals surface area contributed by atoms with Crippen LogP contribution in [0.3, 0.4) is 0 Å². The fourth-order valence-electron chi connectivity index (χ4n) is 8.91. The molecule has 6 nitrogen and oxygen atoms in total. The highest BCUT2D eigenvalue weighted by atomic mass is 16.6. The second-order valence-corrected chi connectivity index (χ2v) is 21.1. The average molecular weight is 1030 g/mol. The number of rotatable bonds is 57. The molecule has 0 radical (unpaired) electrons. The van der Waals surface area contributed by atoms with Crippen LogP contribution in [0.25, 0.3) is 0 Å². The molecule has 0 aromatic heterocycles. The molecule has 0 heterocycles. The molecule has 0 bridgehead atoms. The van der Waals surface area contributed by atoms with E-state index in [-0.39, 0.29) is 31.1 Å². The smallest absolute Gasteiger partial charge is 0.306 e. The molecule has 0 fully saturated rings. The molecule has 0 aliphatic carbocycles. The van der Waals surface area contributed by atoms with Gasteiger partial charge in [0.2, 0.25) is 0 Å². The standard InChI is InChI=1S/C68H118O6/c1-4-7-10-13-16-19-22-25-28-31-34-37-40-43-46-49-52-55-58-61-67(70)73-64-65(63-72-66(69)60-57-54-51-48-45-42-39-36-33-30-27-24-21-18-15-12-9-6-3)74-68(71)62-59-56-53-50-47-44-41-38-35-32-29-26-23-20-17-14-11-8-5-2/h16,18-19,21-22,24-25,27,30,32-33,35-36,39,65H,4-15,17,20,23,26,28-29,31,34,37-38,40-64H2,1-3H3/b19-16-,21-18-,25-22-,27-24-,33-30-,35-32-,39-36-.